The number of carbonyl (C=O) groups excluding carboxylic acids is 2. The van der Waals surface area contributed by atoms with E-state index in [2.05, 4.69) is 0 Å². The maximum atomic E-state index is 11.9. The number of carbonyl (C=O) groups is 2. The number of benzene rings is 4. The van der Waals surface area contributed by atoms with Crippen molar-refractivity contribution in [1.29, 1.82) is 0 Å². The van der Waals surface area contributed by atoms with Crippen LogP contribution in [0.3, 0.4) is 0 Å². The second kappa shape index (κ2) is 8.34. The molecule has 8 heteroatoms. The largest absolute Gasteiger partial charge is 0.507 e. The van der Waals surface area contributed by atoms with Gasteiger partial charge in [-0.2, -0.15) is 0 Å². The molecule has 0 atom stereocenters. The van der Waals surface area contributed by atoms with Gasteiger partial charge in [-0.25, -0.2) is 0 Å². The molecule has 0 aliphatic heterocycles. The second-order valence-electron chi connectivity index (χ2n) is 9.33. The quantitative estimate of drug-likeness (QED) is 0.160. The van der Waals surface area contributed by atoms with Gasteiger partial charge in [-0.1, -0.05) is 26.0 Å². The molecule has 4 aromatic rings. The van der Waals surface area contributed by atoms with Crippen molar-refractivity contribution in [2.75, 3.05) is 0 Å². The predicted molar refractivity (Wildman–Crippen MR) is 136 cm³/mol. The number of phenols is 6. The number of hydrogen-bond donors (Lipinski definition) is 6. The van der Waals surface area contributed by atoms with Gasteiger partial charge in [0.2, 0.25) is 0 Å². The van der Waals surface area contributed by atoms with Gasteiger partial charge >= 0.3 is 0 Å². The number of aldehydes is 2. The Morgan fingerprint density at radius 1 is 0.611 bits per heavy atom. The lowest BCUT2D eigenvalue weighted by atomic mass is 9.84. The molecule has 0 heterocycles. The molecule has 0 aliphatic rings. The number of aromatic hydroxyl groups is 6. The van der Waals surface area contributed by atoms with E-state index in [1.165, 1.54) is 6.92 Å². The fourth-order valence-electron chi connectivity index (χ4n) is 5.15. The third kappa shape index (κ3) is 3.14. The van der Waals surface area contributed by atoms with E-state index < -0.39 is 34.5 Å². The lowest BCUT2D eigenvalue weighted by Crippen LogP contribution is -2.00. The van der Waals surface area contributed by atoms with Crippen molar-refractivity contribution < 1.29 is 40.2 Å². The van der Waals surface area contributed by atoms with E-state index in [1.54, 1.807) is 39.8 Å². The smallest absolute Gasteiger partial charge is 0.169 e. The van der Waals surface area contributed by atoms with Gasteiger partial charge < -0.3 is 30.6 Å². The van der Waals surface area contributed by atoms with Crippen LogP contribution >= 0.6 is 0 Å². The van der Waals surface area contributed by atoms with E-state index in [-0.39, 0.29) is 44.5 Å². The molecule has 0 amide bonds. The number of fused-ring (bicyclic) bond motifs is 2. The Morgan fingerprint density at radius 3 is 1.47 bits per heavy atom. The van der Waals surface area contributed by atoms with E-state index in [4.69, 9.17) is 0 Å². The van der Waals surface area contributed by atoms with Crippen LogP contribution in [0.15, 0.2) is 12.1 Å². The molecule has 0 aromatic heterocycles. The first-order chi connectivity index (χ1) is 16.9. The van der Waals surface area contributed by atoms with E-state index in [1.807, 2.05) is 0 Å². The van der Waals surface area contributed by atoms with Gasteiger partial charge in [0.25, 0.3) is 0 Å². The van der Waals surface area contributed by atoms with Gasteiger partial charge in [0.1, 0.15) is 11.5 Å². The summed E-state index contributed by atoms with van der Waals surface area (Å²) >= 11 is 0. The molecule has 186 valence electrons. The monoisotopic (exact) mass is 490 g/mol. The lowest BCUT2D eigenvalue weighted by molar-refractivity contribution is 0.111. The highest BCUT2D eigenvalue weighted by Crippen LogP contribution is 2.53. The zero-order valence-corrected chi connectivity index (χ0v) is 20.4. The first-order valence-corrected chi connectivity index (χ1v) is 11.2. The van der Waals surface area contributed by atoms with Gasteiger partial charge in [0, 0.05) is 33.0 Å². The number of phenolic OH excluding ortho intramolecular Hbond substituents is 6. The van der Waals surface area contributed by atoms with Crippen molar-refractivity contribution in [3.8, 4) is 45.6 Å². The summed E-state index contributed by atoms with van der Waals surface area (Å²) in [5.74, 6) is -3.36. The highest BCUT2D eigenvalue weighted by molar-refractivity contribution is 6.14. The van der Waals surface area contributed by atoms with Crippen LogP contribution in [0.5, 0.6) is 34.5 Å². The molecule has 0 radical (unpaired) electrons. The summed E-state index contributed by atoms with van der Waals surface area (Å²) in [7, 11) is 0. The molecule has 0 saturated heterocycles. The van der Waals surface area contributed by atoms with Crippen molar-refractivity contribution in [3.63, 3.8) is 0 Å². The van der Waals surface area contributed by atoms with Gasteiger partial charge in [-0.3, -0.25) is 9.59 Å². The van der Waals surface area contributed by atoms with Crippen LogP contribution in [-0.2, 0) is 0 Å². The predicted octanol–water partition coefficient (Wildman–Crippen LogP) is 5.57. The number of hydrogen-bond acceptors (Lipinski definition) is 8. The average Bonchev–Trinajstić information content (AvgIpc) is 2.81. The van der Waals surface area contributed by atoms with Crippen LogP contribution in [0.25, 0.3) is 32.7 Å². The maximum absolute atomic E-state index is 11.9. The first kappa shape index (κ1) is 24.7. The first-order valence-electron chi connectivity index (χ1n) is 11.2. The van der Waals surface area contributed by atoms with Crippen molar-refractivity contribution in [1.82, 2.24) is 0 Å². The summed E-state index contributed by atoms with van der Waals surface area (Å²) in [6.45, 7) is 8.45. The van der Waals surface area contributed by atoms with Gasteiger partial charge in [0.05, 0.1) is 11.1 Å². The third-order valence-electron chi connectivity index (χ3n) is 6.86. The Balaban J connectivity index is 2.27. The summed E-state index contributed by atoms with van der Waals surface area (Å²) in [6.07, 6.45) is 0.658. The van der Waals surface area contributed by atoms with Crippen molar-refractivity contribution in [2.45, 2.75) is 40.5 Å². The minimum absolute atomic E-state index is 0.00356. The number of aryl methyl sites for hydroxylation is 3. The zero-order chi connectivity index (χ0) is 26.8. The Bertz CT molecular complexity index is 1630. The van der Waals surface area contributed by atoms with Crippen LogP contribution in [0.2, 0.25) is 0 Å². The molecular formula is C28H26O8. The molecule has 0 spiro atoms. The van der Waals surface area contributed by atoms with E-state index in [0.29, 0.717) is 40.0 Å². The van der Waals surface area contributed by atoms with Gasteiger partial charge in [0.15, 0.2) is 35.6 Å². The molecule has 0 bridgehead atoms. The molecule has 0 saturated carbocycles. The highest BCUT2D eigenvalue weighted by Gasteiger charge is 2.28. The minimum Gasteiger partial charge on any atom is -0.507 e. The Hall–Kier alpha value is -4.46. The third-order valence-corrected chi connectivity index (χ3v) is 6.86. The Kier molecular flexibility index (Phi) is 5.71. The number of rotatable bonds is 4. The van der Waals surface area contributed by atoms with Crippen LogP contribution in [-0.4, -0.2) is 43.2 Å². The Morgan fingerprint density at radius 2 is 1.03 bits per heavy atom. The van der Waals surface area contributed by atoms with Crippen LogP contribution in [0.1, 0.15) is 62.7 Å². The maximum Gasteiger partial charge on any atom is 0.169 e. The molecule has 6 N–H and O–H groups in total. The van der Waals surface area contributed by atoms with Gasteiger partial charge in [-0.15, -0.1) is 0 Å². The van der Waals surface area contributed by atoms with E-state index in [0.717, 1.165) is 0 Å². The molecule has 4 rings (SSSR count). The summed E-state index contributed by atoms with van der Waals surface area (Å²) in [5.41, 5.74) is 1.21. The zero-order valence-electron chi connectivity index (χ0n) is 20.4. The molecule has 0 unspecified atom stereocenters. The highest BCUT2D eigenvalue weighted by atomic mass is 16.3. The second-order valence-corrected chi connectivity index (χ2v) is 9.33. The van der Waals surface area contributed by atoms with E-state index >= 15 is 0 Å². The molecule has 8 nitrogen and oxygen atoms in total. The summed E-state index contributed by atoms with van der Waals surface area (Å²) in [5, 5.41) is 65.3. The molecule has 4 aromatic carbocycles. The van der Waals surface area contributed by atoms with Crippen LogP contribution in [0, 0.1) is 20.8 Å². The lowest BCUT2D eigenvalue weighted by Gasteiger charge is -2.22. The van der Waals surface area contributed by atoms with Crippen molar-refractivity contribution in [2.24, 2.45) is 0 Å². The minimum atomic E-state index is -0.676. The molecule has 36 heavy (non-hydrogen) atoms. The van der Waals surface area contributed by atoms with E-state index in [9.17, 15) is 40.2 Å². The fourth-order valence-corrected chi connectivity index (χ4v) is 5.15. The Labute approximate surface area is 206 Å². The molecule has 0 aliphatic carbocycles. The molecular weight excluding hydrogens is 464 g/mol. The average molecular weight is 491 g/mol. The van der Waals surface area contributed by atoms with Crippen LogP contribution < -0.4 is 0 Å². The summed E-state index contributed by atoms with van der Waals surface area (Å²) in [6, 6.07) is 3.26. The van der Waals surface area contributed by atoms with Gasteiger partial charge in [-0.05, 0) is 48.6 Å². The normalized spacial score (nSPS) is 11.5. The van der Waals surface area contributed by atoms with Crippen molar-refractivity contribution >= 4 is 34.1 Å². The van der Waals surface area contributed by atoms with Crippen LogP contribution in [0.4, 0.5) is 0 Å². The topological polar surface area (TPSA) is 156 Å². The van der Waals surface area contributed by atoms with Crippen molar-refractivity contribution in [3.05, 3.63) is 45.5 Å². The molecule has 0 fully saturated rings. The fraction of sp³-hybridized carbons (Fsp3) is 0.214. The standard InChI is InChI=1S/C28H26O8/c1-10(2)18-15-7-12(4)20(27(35)22(15)17(9-30)25(33)28(18)36)19-11(3)6-14-13(5)23(31)24(32)16(8-29)21(14)26(19)34/h6-10,31-36H,1-5H3. The summed E-state index contributed by atoms with van der Waals surface area (Å²) < 4.78 is 0. The SMILES string of the molecule is Cc1cc2c(C)c(O)c(O)c(C=O)c2c(O)c1-c1c(C)cc2c(C(C)C)c(O)c(O)c(C=O)c2c1O. The summed E-state index contributed by atoms with van der Waals surface area (Å²) in [4.78, 5) is 23.8.